The number of pyridine rings is 1. The third kappa shape index (κ3) is 3.08. The van der Waals surface area contributed by atoms with Gasteiger partial charge in [-0.1, -0.05) is 6.07 Å². The molecule has 136 valence electrons. The third-order valence-corrected chi connectivity index (χ3v) is 5.40. The number of imidazole rings is 1. The van der Waals surface area contributed by atoms with Crippen LogP contribution in [0.25, 0.3) is 16.9 Å². The Bertz CT molecular complexity index is 1050. The van der Waals surface area contributed by atoms with Crippen LogP contribution >= 0.6 is 0 Å². The average molecular weight is 360 g/mol. The minimum atomic E-state index is 0.0524. The summed E-state index contributed by atoms with van der Waals surface area (Å²) < 4.78 is 3.90. The lowest BCUT2D eigenvalue weighted by Crippen LogP contribution is -2.13. The fourth-order valence-corrected chi connectivity index (χ4v) is 3.58. The molecule has 27 heavy (non-hydrogen) atoms. The maximum absolute atomic E-state index is 12.0. The highest BCUT2D eigenvalue weighted by Crippen LogP contribution is 2.41. The molecule has 2 aliphatic carbocycles. The van der Waals surface area contributed by atoms with Crippen LogP contribution in [0.4, 0.5) is 5.82 Å². The van der Waals surface area contributed by atoms with Gasteiger partial charge in [-0.05, 0) is 43.7 Å². The quantitative estimate of drug-likeness (QED) is 0.729. The van der Waals surface area contributed by atoms with Crippen LogP contribution in [0.15, 0.2) is 36.8 Å². The lowest BCUT2D eigenvalue weighted by molar-refractivity contribution is -0.117. The Morgan fingerprint density at radius 3 is 2.89 bits per heavy atom. The Labute approximate surface area is 156 Å². The van der Waals surface area contributed by atoms with Gasteiger partial charge in [-0.2, -0.15) is 10.4 Å². The first kappa shape index (κ1) is 16.1. The molecule has 0 bridgehead atoms. The van der Waals surface area contributed by atoms with Gasteiger partial charge in [-0.15, -0.1) is 0 Å². The van der Waals surface area contributed by atoms with E-state index in [4.69, 9.17) is 5.26 Å². The van der Waals surface area contributed by atoms with E-state index in [1.807, 2.05) is 45.9 Å². The lowest BCUT2D eigenvalue weighted by Gasteiger charge is -2.12. The second kappa shape index (κ2) is 6.23. The number of nitriles is 1. The minimum absolute atomic E-state index is 0.0524. The van der Waals surface area contributed by atoms with Gasteiger partial charge in [0.25, 0.3) is 0 Å². The molecule has 0 spiro atoms. The highest BCUT2D eigenvalue weighted by atomic mass is 16.2. The fourth-order valence-electron chi connectivity index (χ4n) is 3.58. The number of aromatic nitrogens is 4. The van der Waals surface area contributed by atoms with Crippen molar-refractivity contribution in [2.75, 3.05) is 5.32 Å². The van der Waals surface area contributed by atoms with Crippen molar-refractivity contribution in [3.63, 3.8) is 0 Å². The highest BCUT2D eigenvalue weighted by Gasteiger charge is 2.33. The molecule has 0 saturated heterocycles. The zero-order chi connectivity index (χ0) is 18.4. The number of anilines is 1. The first-order valence-corrected chi connectivity index (χ1v) is 9.43. The van der Waals surface area contributed by atoms with Crippen LogP contribution in [0.2, 0.25) is 0 Å². The molecule has 0 aromatic carbocycles. The summed E-state index contributed by atoms with van der Waals surface area (Å²) in [6.07, 6.45) is 10.5. The monoisotopic (exact) mass is 360 g/mol. The van der Waals surface area contributed by atoms with E-state index in [0.29, 0.717) is 18.2 Å². The van der Waals surface area contributed by atoms with Crippen molar-refractivity contribution < 1.29 is 4.79 Å². The number of carbonyl (C=O) groups is 1. The number of hydrogen-bond donors (Lipinski definition) is 1. The second-order valence-corrected chi connectivity index (χ2v) is 7.50. The zero-order valence-electron chi connectivity index (χ0n) is 14.9. The molecular weight excluding hydrogens is 340 g/mol. The normalized spacial score (nSPS) is 17.6. The van der Waals surface area contributed by atoms with E-state index in [0.717, 1.165) is 29.7 Å². The van der Waals surface area contributed by atoms with Crippen molar-refractivity contribution in [2.24, 2.45) is 11.8 Å². The predicted molar refractivity (Wildman–Crippen MR) is 99.8 cm³/mol. The molecule has 3 aromatic heterocycles. The van der Waals surface area contributed by atoms with Crippen LogP contribution in [-0.2, 0) is 4.79 Å². The molecule has 1 atom stereocenters. The Morgan fingerprint density at radius 1 is 1.30 bits per heavy atom. The molecule has 0 radical (unpaired) electrons. The van der Waals surface area contributed by atoms with Gasteiger partial charge in [0, 0.05) is 17.7 Å². The fraction of sp³-hybridized carbons (Fsp3) is 0.400. The van der Waals surface area contributed by atoms with Crippen molar-refractivity contribution in [2.45, 2.75) is 38.1 Å². The summed E-state index contributed by atoms with van der Waals surface area (Å²) >= 11 is 0. The van der Waals surface area contributed by atoms with Crippen molar-refractivity contribution in [3.8, 4) is 17.3 Å². The summed E-state index contributed by atoms with van der Waals surface area (Å²) in [5.74, 6) is 1.33. The number of hydrogen-bond acceptors (Lipinski definition) is 4. The van der Waals surface area contributed by atoms with Crippen molar-refractivity contribution in [3.05, 3.63) is 36.8 Å². The molecule has 7 heteroatoms. The molecule has 1 N–H and O–H groups in total. The third-order valence-electron chi connectivity index (χ3n) is 5.40. The molecule has 3 heterocycles. The first-order chi connectivity index (χ1) is 13.2. The smallest absolute Gasteiger partial charge is 0.228 e. The van der Waals surface area contributed by atoms with E-state index in [9.17, 15) is 4.79 Å². The van der Waals surface area contributed by atoms with E-state index < -0.39 is 0 Å². The average Bonchev–Trinajstić information content (AvgIpc) is 3.59. The standard InChI is InChI=1S/C20H20N6O/c21-9-8-17(13-4-5-13)26-11-15(10-22-26)16-2-1-3-19-23-18(12-25(16)19)24-20(27)14-6-7-14/h1-3,10-14,17H,4-8H2,(H,24,27). The first-order valence-electron chi connectivity index (χ1n) is 9.43. The molecular formula is C20H20N6O. The Morgan fingerprint density at radius 2 is 2.15 bits per heavy atom. The molecule has 2 aliphatic rings. The predicted octanol–water partition coefficient (Wildman–Crippen LogP) is 3.41. The molecule has 1 amide bonds. The molecule has 0 aliphatic heterocycles. The summed E-state index contributed by atoms with van der Waals surface area (Å²) in [4.78, 5) is 16.5. The van der Waals surface area contributed by atoms with Crippen LogP contribution in [0, 0.1) is 23.2 Å². The van der Waals surface area contributed by atoms with Crippen LogP contribution in [0.5, 0.6) is 0 Å². The van der Waals surface area contributed by atoms with Crippen LogP contribution in [0.1, 0.15) is 38.1 Å². The summed E-state index contributed by atoms with van der Waals surface area (Å²) in [6, 6.07) is 8.32. The largest absolute Gasteiger partial charge is 0.309 e. The van der Waals surface area contributed by atoms with E-state index >= 15 is 0 Å². The van der Waals surface area contributed by atoms with E-state index in [-0.39, 0.29) is 17.9 Å². The minimum Gasteiger partial charge on any atom is -0.309 e. The number of fused-ring (bicyclic) bond motifs is 1. The SMILES string of the molecule is N#CCC(C1CC1)n1cc(-c2cccc3nc(NC(=O)C4CC4)cn23)cn1. The lowest BCUT2D eigenvalue weighted by atomic mass is 10.1. The van der Waals surface area contributed by atoms with Crippen molar-refractivity contribution in [1.82, 2.24) is 19.2 Å². The maximum Gasteiger partial charge on any atom is 0.228 e. The summed E-state index contributed by atoms with van der Waals surface area (Å²) in [5, 5.41) is 16.6. The molecule has 3 aromatic rings. The van der Waals surface area contributed by atoms with Gasteiger partial charge in [0.1, 0.15) is 5.65 Å². The molecule has 5 rings (SSSR count). The Hall–Kier alpha value is -3.14. The molecule has 2 saturated carbocycles. The summed E-state index contributed by atoms with van der Waals surface area (Å²) in [7, 11) is 0. The molecule has 2 fully saturated rings. The second-order valence-electron chi connectivity index (χ2n) is 7.50. The number of nitrogens with zero attached hydrogens (tertiary/aromatic N) is 5. The van der Waals surface area contributed by atoms with Crippen LogP contribution < -0.4 is 5.32 Å². The van der Waals surface area contributed by atoms with E-state index in [1.54, 1.807) is 0 Å². The van der Waals surface area contributed by atoms with Gasteiger partial charge < -0.3 is 5.32 Å². The van der Waals surface area contributed by atoms with Crippen LogP contribution in [0.3, 0.4) is 0 Å². The van der Waals surface area contributed by atoms with Crippen molar-refractivity contribution >= 4 is 17.4 Å². The highest BCUT2D eigenvalue weighted by molar-refractivity contribution is 5.93. The number of rotatable bonds is 6. The number of nitrogens with one attached hydrogen (secondary N) is 1. The Kier molecular flexibility index (Phi) is 3.71. The Balaban J connectivity index is 1.46. The molecule has 1 unspecified atom stereocenters. The summed E-state index contributed by atoms with van der Waals surface area (Å²) in [5.41, 5.74) is 2.72. The number of carbonyl (C=O) groups excluding carboxylic acids is 1. The van der Waals surface area contributed by atoms with Gasteiger partial charge in [0.2, 0.25) is 5.91 Å². The van der Waals surface area contributed by atoms with E-state index in [2.05, 4.69) is 21.5 Å². The van der Waals surface area contributed by atoms with E-state index in [1.165, 1.54) is 12.8 Å². The zero-order valence-corrected chi connectivity index (χ0v) is 14.9. The maximum atomic E-state index is 12.0. The van der Waals surface area contributed by atoms with Crippen LogP contribution in [-0.4, -0.2) is 25.1 Å². The summed E-state index contributed by atoms with van der Waals surface area (Å²) in [6.45, 7) is 0. The number of amides is 1. The van der Waals surface area contributed by atoms with Gasteiger partial charge in [-0.3, -0.25) is 13.9 Å². The van der Waals surface area contributed by atoms with Gasteiger partial charge in [0.15, 0.2) is 5.82 Å². The van der Waals surface area contributed by atoms with Gasteiger partial charge in [-0.25, -0.2) is 4.98 Å². The molecule has 7 nitrogen and oxygen atoms in total. The van der Waals surface area contributed by atoms with Gasteiger partial charge in [0.05, 0.1) is 36.6 Å². The topological polar surface area (TPSA) is 88.0 Å². The van der Waals surface area contributed by atoms with Gasteiger partial charge >= 0.3 is 0 Å². The van der Waals surface area contributed by atoms with Crippen molar-refractivity contribution in [1.29, 1.82) is 5.26 Å².